The van der Waals surface area contributed by atoms with E-state index in [0.29, 0.717) is 0 Å². The van der Waals surface area contributed by atoms with Gasteiger partial charge in [-0.1, -0.05) is 6.92 Å². The molecule has 0 radical (unpaired) electrons. The van der Waals surface area contributed by atoms with Crippen LogP contribution in [0.4, 0.5) is 0 Å². The van der Waals surface area contributed by atoms with Crippen molar-refractivity contribution in [1.82, 2.24) is 9.96 Å². The van der Waals surface area contributed by atoms with Crippen LogP contribution in [0.3, 0.4) is 0 Å². The lowest BCUT2D eigenvalue weighted by molar-refractivity contribution is -0.258. The number of hydrogen-bond acceptors (Lipinski definition) is 4. The second-order valence-corrected chi connectivity index (χ2v) is 7.40. The van der Waals surface area contributed by atoms with Crippen LogP contribution in [-0.2, 0) is 9.57 Å². The van der Waals surface area contributed by atoms with E-state index in [1.54, 1.807) is 0 Å². The Kier molecular flexibility index (Phi) is 5.24. The summed E-state index contributed by atoms with van der Waals surface area (Å²) in [6, 6.07) is 0. The third kappa shape index (κ3) is 3.39. The van der Waals surface area contributed by atoms with Gasteiger partial charge in [0.1, 0.15) is 0 Å². The van der Waals surface area contributed by atoms with Gasteiger partial charge in [-0.15, -0.1) is 11.6 Å². The largest absolute Gasteiger partial charge is 0.378 e. The fourth-order valence-electron chi connectivity index (χ4n) is 3.29. The number of morpholine rings is 1. The second-order valence-electron chi connectivity index (χ2n) is 6.97. The lowest BCUT2D eigenvalue weighted by atomic mass is 9.84. The van der Waals surface area contributed by atoms with Crippen LogP contribution in [0.15, 0.2) is 11.8 Å². The van der Waals surface area contributed by atoms with E-state index in [0.717, 1.165) is 39.3 Å². The van der Waals surface area contributed by atoms with Gasteiger partial charge in [0, 0.05) is 18.8 Å². The molecule has 0 amide bonds. The van der Waals surface area contributed by atoms with Crippen molar-refractivity contribution >= 4 is 11.6 Å². The van der Waals surface area contributed by atoms with Crippen molar-refractivity contribution in [2.24, 2.45) is 0 Å². The van der Waals surface area contributed by atoms with Crippen molar-refractivity contribution in [1.29, 1.82) is 0 Å². The zero-order valence-corrected chi connectivity index (χ0v) is 14.7. The Morgan fingerprint density at radius 3 is 2.48 bits per heavy atom. The van der Waals surface area contributed by atoms with Gasteiger partial charge >= 0.3 is 0 Å². The first-order chi connectivity index (χ1) is 9.80. The molecule has 0 aliphatic carbocycles. The molecule has 2 rings (SSSR count). The predicted octanol–water partition coefficient (Wildman–Crippen LogP) is 3.02. The molecule has 0 saturated carbocycles. The quantitative estimate of drug-likeness (QED) is 0.744. The molecule has 0 aromatic rings. The van der Waals surface area contributed by atoms with Crippen molar-refractivity contribution in [3.05, 3.63) is 11.8 Å². The predicted molar refractivity (Wildman–Crippen MR) is 86.4 cm³/mol. The highest BCUT2D eigenvalue weighted by Crippen LogP contribution is 2.41. The molecule has 4 nitrogen and oxygen atoms in total. The number of rotatable bonds is 4. The van der Waals surface area contributed by atoms with Crippen LogP contribution >= 0.6 is 11.6 Å². The molecule has 0 aromatic heterocycles. The number of ether oxygens (including phenoxy) is 1. The average Bonchev–Trinajstić information content (AvgIpc) is 2.44. The topological polar surface area (TPSA) is 24.9 Å². The molecule has 0 spiro atoms. The summed E-state index contributed by atoms with van der Waals surface area (Å²) in [6.45, 7) is 14.9. The molecule has 1 unspecified atom stereocenters. The van der Waals surface area contributed by atoms with Crippen LogP contribution in [0.2, 0.25) is 0 Å². The number of hydroxylamine groups is 2. The minimum atomic E-state index is -0.261. The van der Waals surface area contributed by atoms with E-state index in [1.807, 2.05) is 0 Å². The number of nitrogens with zero attached hydrogens (tertiary/aromatic N) is 2. The van der Waals surface area contributed by atoms with E-state index in [4.69, 9.17) is 21.2 Å². The van der Waals surface area contributed by atoms with Gasteiger partial charge in [-0.25, -0.2) is 0 Å². The zero-order chi connectivity index (χ0) is 15.7. The summed E-state index contributed by atoms with van der Waals surface area (Å²) in [4.78, 5) is 8.39. The van der Waals surface area contributed by atoms with Crippen molar-refractivity contribution in [3.8, 4) is 0 Å². The summed E-state index contributed by atoms with van der Waals surface area (Å²) in [5.41, 5.74) is 0.770. The summed E-state index contributed by atoms with van der Waals surface area (Å²) >= 11 is 6.84. The minimum Gasteiger partial charge on any atom is -0.378 e. The number of hydrogen-bond donors (Lipinski definition) is 0. The fraction of sp³-hybridized carbons (Fsp3) is 0.875. The van der Waals surface area contributed by atoms with E-state index in [9.17, 15) is 0 Å². The zero-order valence-electron chi connectivity index (χ0n) is 14.0. The van der Waals surface area contributed by atoms with Crippen LogP contribution in [0.5, 0.6) is 0 Å². The summed E-state index contributed by atoms with van der Waals surface area (Å²) in [7, 11) is 0. The monoisotopic (exact) mass is 316 g/mol. The van der Waals surface area contributed by atoms with Gasteiger partial charge in [0.25, 0.3) is 0 Å². The maximum Gasteiger partial charge on any atom is 0.0932 e. The Morgan fingerprint density at radius 2 is 1.90 bits per heavy atom. The third-order valence-electron chi connectivity index (χ3n) is 4.23. The van der Waals surface area contributed by atoms with Crippen molar-refractivity contribution in [2.45, 2.75) is 57.5 Å². The lowest BCUT2D eigenvalue weighted by Crippen LogP contribution is -2.63. The highest BCUT2D eigenvalue weighted by Gasteiger charge is 2.49. The van der Waals surface area contributed by atoms with Crippen molar-refractivity contribution in [2.75, 3.05) is 32.9 Å². The van der Waals surface area contributed by atoms with Gasteiger partial charge in [0.15, 0.2) is 0 Å². The first kappa shape index (κ1) is 17.1. The summed E-state index contributed by atoms with van der Waals surface area (Å²) in [5, 5.41) is 1.98. The molecule has 1 atom stereocenters. The van der Waals surface area contributed by atoms with Gasteiger partial charge in [-0.3, -0.25) is 4.84 Å². The number of alkyl halides is 1. The molecule has 5 heteroatoms. The molecule has 2 heterocycles. The SMILES string of the molecule is CCCON1C(C)(C)C=C(N2CCOCC2)C(Cl)C1(C)C. The molecule has 0 bridgehead atoms. The van der Waals surface area contributed by atoms with Gasteiger partial charge < -0.3 is 9.64 Å². The highest BCUT2D eigenvalue weighted by molar-refractivity contribution is 6.23. The second kappa shape index (κ2) is 6.45. The molecule has 2 aliphatic heterocycles. The summed E-state index contributed by atoms with van der Waals surface area (Å²) < 4.78 is 5.46. The smallest absolute Gasteiger partial charge is 0.0932 e. The Balaban J connectivity index is 2.29. The third-order valence-corrected chi connectivity index (χ3v) is 4.99. The maximum absolute atomic E-state index is 6.84. The summed E-state index contributed by atoms with van der Waals surface area (Å²) in [6.07, 6.45) is 3.26. The van der Waals surface area contributed by atoms with Gasteiger partial charge in [-0.05, 0) is 40.2 Å². The van der Waals surface area contributed by atoms with Gasteiger partial charge in [-0.2, -0.15) is 5.06 Å². The highest BCUT2D eigenvalue weighted by atomic mass is 35.5. The first-order valence-corrected chi connectivity index (χ1v) is 8.37. The van der Waals surface area contributed by atoms with Crippen molar-refractivity contribution in [3.63, 3.8) is 0 Å². The minimum absolute atomic E-state index is 0.0968. The van der Waals surface area contributed by atoms with E-state index in [1.165, 1.54) is 5.70 Å². The van der Waals surface area contributed by atoms with Crippen LogP contribution < -0.4 is 0 Å². The molecule has 122 valence electrons. The normalized spacial score (nSPS) is 29.3. The molecule has 21 heavy (non-hydrogen) atoms. The molecule has 2 aliphatic rings. The summed E-state index contributed by atoms with van der Waals surface area (Å²) in [5.74, 6) is 0. The van der Waals surface area contributed by atoms with E-state index in [-0.39, 0.29) is 16.5 Å². The molecular formula is C16H29ClN2O2. The van der Waals surface area contributed by atoms with E-state index < -0.39 is 0 Å². The molecule has 0 N–H and O–H groups in total. The van der Waals surface area contributed by atoms with Crippen molar-refractivity contribution < 1.29 is 9.57 Å². The molecular weight excluding hydrogens is 288 g/mol. The van der Waals surface area contributed by atoms with Crippen LogP contribution in [0, 0.1) is 0 Å². The average molecular weight is 317 g/mol. The standard InChI is InChI=1S/C16H29ClN2O2/c1-6-9-21-19-15(2,3)12-13(14(17)16(19,4)5)18-7-10-20-11-8-18/h12,14H,6-11H2,1-5H3. The van der Waals surface area contributed by atoms with E-state index >= 15 is 0 Å². The van der Waals surface area contributed by atoms with Crippen LogP contribution in [0.25, 0.3) is 0 Å². The van der Waals surface area contributed by atoms with Gasteiger partial charge in [0.05, 0.1) is 36.3 Å². The maximum atomic E-state index is 6.84. The Morgan fingerprint density at radius 1 is 1.29 bits per heavy atom. The molecule has 1 fully saturated rings. The molecule has 1 saturated heterocycles. The van der Waals surface area contributed by atoms with Crippen LogP contribution in [0.1, 0.15) is 41.0 Å². The number of halogens is 1. The van der Waals surface area contributed by atoms with E-state index in [2.05, 4.69) is 50.7 Å². The lowest BCUT2D eigenvalue weighted by Gasteiger charge is -2.54. The molecule has 0 aromatic carbocycles. The Hall–Kier alpha value is -0.290. The first-order valence-electron chi connectivity index (χ1n) is 7.93. The Bertz CT molecular complexity index is 390. The Labute approximate surface area is 134 Å². The fourth-order valence-corrected chi connectivity index (χ4v) is 3.58. The van der Waals surface area contributed by atoms with Gasteiger partial charge in [0.2, 0.25) is 0 Å². The van der Waals surface area contributed by atoms with Crippen LogP contribution in [-0.4, -0.2) is 59.3 Å².